The van der Waals surface area contributed by atoms with E-state index in [1.54, 1.807) is 0 Å². The molecule has 1 aliphatic heterocycles. The van der Waals surface area contributed by atoms with Gasteiger partial charge in [0.05, 0.1) is 6.10 Å². The van der Waals surface area contributed by atoms with E-state index in [9.17, 15) is 0 Å². The molecule has 0 unspecified atom stereocenters. The van der Waals surface area contributed by atoms with Gasteiger partial charge < -0.3 is 9.64 Å². The van der Waals surface area contributed by atoms with Crippen molar-refractivity contribution in [1.82, 2.24) is 19.6 Å². The minimum absolute atomic E-state index is 0.293. The summed E-state index contributed by atoms with van der Waals surface area (Å²) in [5, 5.41) is 4.26. The van der Waals surface area contributed by atoms with Crippen molar-refractivity contribution in [1.29, 1.82) is 0 Å². The van der Waals surface area contributed by atoms with Crippen LogP contribution < -0.4 is 0 Å². The Morgan fingerprint density at radius 2 is 2.12 bits per heavy atom. The maximum atomic E-state index is 6.09. The Kier molecular flexibility index (Phi) is 7.03. The predicted molar refractivity (Wildman–Crippen MR) is 100 cm³/mol. The van der Waals surface area contributed by atoms with Crippen molar-refractivity contribution in [2.24, 2.45) is 0 Å². The van der Waals surface area contributed by atoms with Crippen molar-refractivity contribution in [3.05, 3.63) is 54.4 Å². The molecular weight excluding hydrogens is 312 g/mol. The van der Waals surface area contributed by atoms with Crippen LogP contribution in [0.25, 0.3) is 0 Å². The Bertz CT molecular complexity index is 587. The first kappa shape index (κ1) is 18.1. The Labute approximate surface area is 151 Å². The summed E-state index contributed by atoms with van der Waals surface area (Å²) >= 11 is 0. The molecule has 1 aliphatic rings. The van der Waals surface area contributed by atoms with E-state index < -0.39 is 0 Å². The third kappa shape index (κ3) is 6.27. The topological polar surface area (TPSA) is 33.5 Å². The molecule has 136 valence electrons. The van der Waals surface area contributed by atoms with E-state index >= 15 is 0 Å². The van der Waals surface area contributed by atoms with Crippen molar-refractivity contribution < 1.29 is 4.74 Å². The SMILES string of the molecule is CN(CCCn1cccn1)C[C@@H]1CN(Cc2ccccc2)CCCO1. The molecule has 1 saturated heterocycles. The number of hydrogen-bond acceptors (Lipinski definition) is 4. The summed E-state index contributed by atoms with van der Waals surface area (Å²) in [5.74, 6) is 0. The fraction of sp³-hybridized carbons (Fsp3) is 0.550. The number of likely N-dealkylation sites (N-methyl/N-ethyl adjacent to an activating group) is 1. The highest BCUT2D eigenvalue weighted by Gasteiger charge is 2.20. The normalized spacial score (nSPS) is 19.2. The maximum Gasteiger partial charge on any atom is 0.0828 e. The molecule has 0 spiro atoms. The van der Waals surface area contributed by atoms with Gasteiger partial charge in [0.15, 0.2) is 0 Å². The smallest absolute Gasteiger partial charge is 0.0828 e. The van der Waals surface area contributed by atoms with E-state index in [1.807, 2.05) is 23.1 Å². The molecule has 0 N–H and O–H groups in total. The molecule has 0 aliphatic carbocycles. The summed E-state index contributed by atoms with van der Waals surface area (Å²) in [6, 6.07) is 12.7. The van der Waals surface area contributed by atoms with Crippen LogP contribution in [0.3, 0.4) is 0 Å². The molecule has 2 aromatic rings. The van der Waals surface area contributed by atoms with Crippen LogP contribution in [-0.2, 0) is 17.8 Å². The molecule has 1 aromatic heterocycles. The number of aryl methyl sites for hydroxylation is 1. The number of ether oxygens (including phenoxy) is 1. The summed E-state index contributed by atoms with van der Waals surface area (Å²) in [5.41, 5.74) is 1.38. The lowest BCUT2D eigenvalue weighted by molar-refractivity contribution is 0.0308. The maximum absolute atomic E-state index is 6.09. The first-order valence-corrected chi connectivity index (χ1v) is 9.33. The van der Waals surface area contributed by atoms with Crippen molar-refractivity contribution in [2.45, 2.75) is 32.0 Å². The van der Waals surface area contributed by atoms with Crippen LogP contribution in [0.5, 0.6) is 0 Å². The van der Waals surface area contributed by atoms with Crippen LogP contribution in [0, 0.1) is 0 Å². The Morgan fingerprint density at radius 3 is 2.92 bits per heavy atom. The number of hydrogen-bond donors (Lipinski definition) is 0. The van der Waals surface area contributed by atoms with Gasteiger partial charge in [-0.25, -0.2) is 0 Å². The van der Waals surface area contributed by atoms with Gasteiger partial charge in [0, 0.05) is 51.7 Å². The fourth-order valence-corrected chi connectivity index (χ4v) is 3.44. The summed E-state index contributed by atoms with van der Waals surface area (Å²) in [6.45, 7) is 7.05. The minimum atomic E-state index is 0.293. The second-order valence-corrected chi connectivity index (χ2v) is 6.95. The van der Waals surface area contributed by atoms with Crippen LogP contribution in [0.1, 0.15) is 18.4 Å². The molecule has 0 amide bonds. The molecule has 1 fully saturated rings. The number of benzene rings is 1. The Morgan fingerprint density at radius 1 is 1.24 bits per heavy atom. The Balaban J connectivity index is 1.42. The first-order valence-electron chi connectivity index (χ1n) is 9.33. The van der Waals surface area contributed by atoms with Gasteiger partial charge in [0.1, 0.15) is 0 Å². The molecule has 0 saturated carbocycles. The standard InChI is InChI=1S/C20H30N4O/c1-22(11-6-14-24-13-5-10-21-24)17-20-18-23(12-7-15-25-20)16-19-8-3-2-4-9-19/h2-5,8-10,13,20H,6-7,11-12,14-18H2,1H3/t20-/m1/s1. The Hall–Kier alpha value is -1.69. The fourth-order valence-electron chi connectivity index (χ4n) is 3.44. The van der Waals surface area contributed by atoms with E-state index in [0.717, 1.165) is 58.7 Å². The largest absolute Gasteiger partial charge is 0.376 e. The van der Waals surface area contributed by atoms with Gasteiger partial charge in [-0.15, -0.1) is 0 Å². The van der Waals surface area contributed by atoms with Crippen molar-refractivity contribution >= 4 is 0 Å². The third-order valence-electron chi connectivity index (χ3n) is 4.68. The molecule has 1 atom stereocenters. The summed E-state index contributed by atoms with van der Waals surface area (Å²) < 4.78 is 8.09. The van der Waals surface area contributed by atoms with Gasteiger partial charge in [0.2, 0.25) is 0 Å². The zero-order chi connectivity index (χ0) is 17.3. The van der Waals surface area contributed by atoms with Gasteiger partial charge in [-0.05, 0) is 38.1 Å². The molecule has 1 aromatic carbocycles. The molecule has 0 bridgehead atoms. The molecule has 2 heterocycles. The van der Waals surface area contributed by atoms with Gasteiger partial charge >= 0.3 is 0 Å². The lowest BCUT2D eigenvalue weighted by atomic mass is 10.2. The second kappa shape index (κ2) is 9.70. The van der Waals surface area contributed by atoms with E-state index in [1.165, 1.54) is 5.56 Å². The predicted octanol–water partition coefficient (Wildman–Crippen LogP) is 2.50. The molecule has 5 nitrogen and oxygen atoms in total. The average Bonchev–Trinajstić information content (AvgIpc) is 3.03. The van der Waals surface area contributed by atoms with Crippen molar-refractivity contribution in [3.63, 3.8) is 0 Å². The van der Waals surface area contributed by atoms with E-state index in [0.29, 0.717) is 6.10 Å². The summed E-state index contributed by atoms with van der Waals surface area (Å²) in [7, 11) is 2.19. The highest BCUT2D eigenvalue weighted by atomic mass is 16.5. The summed E-state index contributed by atoms with van der Waals surface area (Å²) in [6.07, 6.45) is 6.38. The average molecular weight is 342 g/mol. The lowest BCUT2D eigenvalue weighted by Gasteiger charge is -2.27. The summed E-state index contributed by atoms with van der Waals surface area (Å²) in [4.78, 5) is 4.92. The molecule has 0 radical (unpaired) electrons. The quantitative estimate of drug-likeness (QED) is 0.738. The zero-order valence-electron chi connectivity index (χ0n) is 15.3. The van der Waals surface area contributed by atoms with Gasteiger partial charge in [-0.1, -0.05) is 30.3 Å². The van der Waals surface area contributed by atoms with Crippen LogP contribution in [0.2, 0.25) is 0 Å². The third-order valence-corrected chi connectivity index (χ3v) is 4.68. The number of rotatable bonds is 8. The van der Waals surface area contributed by atoms with Crippen molar-refractivity contribution in [3.8, 4) is 0 Å². The van der Waals surface area contributed by atoms with Gasteiger partial charge in [-0.2, -0.15) is 5.10 Å². The second-order valence-electron chi connectivity index (χ2n) is 6.95. The molecule has 3 rings (SSSR count). The first-order chi connectivity index (χ1) is 12.3. The zero-order valence-corrected chi connectivity index (χ0v) is 15.3. The van der Waals surface area contributed by atoms with Crippen molar-refractivity contribution in [2.75, 3.05) is 39.8 Å². The van der Waals surface area contributed by atoms with E-state index in [2.05, 4.69) is 52.3 Å². The molecule has 5 heteroatoms. The molecular formula is C20H30N4O. The monoisotopic (exact) mass is 342 g/mol. The lowest BCUT2D eigenvalue weighted by Crippen LogP contribution is -2.39. The van der Waals surface area contributed by atoms with Crippen LogP contribution in [-0.4, -0.2) is 65.5 Å². The van der Waals surface area contributed by atoms with E-state index in [4.69, 9.17) is 4.74 Å². The van der Waals surface area contributed by atoms with Crippen LogP contribution in [0.4, 0.5) is 0 Å². The van der Waals surface area contributed by atoms with Crippen LogP contribution in [0.15, 0.2) is 48.8 Å². The van der Waals surface area contributed by atoms with E-state index in [-0.39, 0.29) is 0 Å². The van der Waals surface area contributed by atoms with Crippen LogP contribution >= 0.6 is 0 Å². The van der Waals surface area contributed by atoms with Gasteiger partial charge in [-0.3, -0.25) is 9.58 Å². The number of nitrogens with zero attached hydrogens (tertiary/aromatic N) is 4. The highest BCUT2D eigenvalue weighted by molar-refractivity contribution is 5.14. The minimum Gasteiger partial charge on any atom is -0.376 e. The highest BCUT2D eigenvalue weighted by Crippen LogP contribution is 2.11. The van der Waals surface area contributed by atoms with Gasteiger partial charge in [0.25, 0.3) is 0 Å². The number of aromatic nitrogens is 2. The molecule has 25 heavy (non-hydrogen) atoms.